The summed E-state index contributed by atoms with van der Waals surface area (Å²) in [6.07, 6.45) is 0. The number of sulfonamides is 1. The third-order valence-electron chi connectivity index (χ3n) is 4.41. The van der Waals surface area contributed by atoms with E-state index in [4.69, 9.17) is 16.3 Å². The molecule has 0 aliphatic carbocycles. The number of benzene rings is 3. The Morgan fingerprint density at radius 3 is 2.42 bits per heavy atom. The third kappa shape index (κ3) is 5.77. The van der Waals surface area contributed by atoms with Crippen LogP contribution in [-0.2, 0) is 14.8 Å². The maximum absolute atomic E-state index is 13.4. The van der Waals surface area contributed by atoms with E-state index < -0.39 is 22.5 Å². The van der Waals surface area contributed by atoms with Crippen molar-refractivity contribution in [1.29, 1.82) is 0 Å². The fourth-order valence-electron chi connectivity index (χ4n) is 2.99. The standard InChI is InChI=1S/C23H23ClN2O4S/c1-3-30-21-9-5-7-19(15-21)25-23(27)16-26(20-8-4-6-17(2)14-20)31(28,29)22-12-10-18(24)11-13-22/h4-15H,3,16H2,1-2H3,(H,25,27). The van der Waals surface area contributed by atoms with Crippen LogP contribution in [0.25, 0.3) is 0 Å². The number of halogens is 1. The van der Waals surface area contributed by atoms with Crippen molar-refractivity contribution < 1.29 is 17.9 Å². The van der Waals surface area contributed by atoms with Crippen LogP contribution in [0.4, 0.5) is 11.4 Å². The van der Waals surface area contributed by atoms with E-state index >= 15 is 0 Å². The summed E-state index contributed by atoms with van der Waals surface area (Å²) in [5.41, 5.74) is 1.79. The lowest BCUT2D eigenvalue weighted by molar-refractivity contribution is -0.114. The summed E-state index contributed by atoms with van der Waals surface area (Å²) in [6, 6.07) is 19.8. The van der Waals surface area contributed by atoms with Gasteiger partial charge in [0, 0.05) is 16.8 Å². The maximum atomic E-state index is 13.4. The molecule has 0 fully saturated rings. The van der Waals surface area contributed by atoms with Gasteiger partial charge in [0.25, 0.3) is 10.0 Å². The molecule has 1 amide bonds. The molecule has 0 aliphatic heterocycles. The predicted molar refractivity (Wildman–Crippen MR) is 123 cm³/mol. The minimum absolute atomic E-state index is 0.0459. The molecular weight excluding hydrogens is 436 g/mol. The first kappa shape index (κ1) is 22.7. The number of aryl methyl sites for hydroxylation is 1. The lowest BCUT2D eigenvalue weighted by Crippen LogP contribution is -2.38. The molecule has 0 heterocycles. The van der Waals surface area contributed by atoms with Gasteiger partial charge in [-0.3, -0.25) is 9.10 Å². The second kappa shape index (κ2) is 9.85. The normalized spacial score (nSPS) is 11.1. The zero-order valence-electron chi connectivity index (χ0n) is 17.2. The molecule has 0 unspecified atom stereocenters. The van der Waals surface area contributed by atoms with Crippen LogP contribution in [0.2, 0.25) is 5.02 Å². The maximum Gasteiger partial charge on any atom is 0.264 e. The number of hydrogen-bond donors (Lipinski definition) is 1. The Morgan fingerprint density at radius 2 is 1.74 bits per heavy atom. The van der Waals surface area contributed by atoms with Crippen LogP contribution >= 0.6 is 11.6 Å². The number of rotatable bonds is 8. The summed E-state index contributed by atoms with van der Waals surface area (Å²) in [4.78, 5) is 12.8. The summed E-state index contributed by atoms with van der Waals surface area (Å²) in [5.74, 6) is 0.136. The molecule has 0 radical (unpaired) electrons. The zero-order chi connectivity index (χ0) is 22.4. The number of hydrogen-bond acceptors (Lipinski definition) is 4. The number of nitrogens with one attached hydrogen (secondary N) is 1. The van der Waals surface area contributed by atoms with Crippen molar-refractivity contribution in [1.82, 2.24) is 0 Å². The number of amides is 1. The van der Waals surface area contributed by atoms with E-state index in [2.05, 4.69) is 5.32 Å². The monoisotopic (exact) mass is 458 g/mol. The molecule has 1 N–H and O–H groups in total. The Labute approximate surface area is 187 Å². The molecule has 6 nitrogen and oxygen atoms in total. The molecule has 0 atom stereocenters. The van der Waals surface area contributed by atoms with Crippen molar-refractivity contribution in [2.45, 2.75) is 18.7 Å². The summed E-state index contributed by atoms with van der Waals surface area (Å²) in [6.45, 7) is 3.83. The first-order valence-corrected chi connectivity index (χ1v) is 11.5. The smallest absolute Gasteiger partial charge is 0.264 e. The minimum atomic E-state index is -4.00. The van der Waals surface area contributed by atoms with E-state index in [1.54, 1.807) is 42.5 Å². The lowest BCUT2D eigenvalue weighted by atomic mass is 10.2. The van der Waals surface area contributed by atoms with Gasteiger partial charge in [0.05, 0.1) is 17.2 Å². The van der Waals surface area contributed by atoms with E-state index in [1.165, 1.54) is 24.3 Å². The van der Waals surface area contributed by atoms with Gasteiger partial charge < -0.3 is 10.1 Å². The van der Waals surface area contributed by atoms with Gasteiger partial charge in [0.1, 0.15) is 12.3 Å². The quantitative estimate of drug-likeness (QED) is 0.522. The van der Waals surface area contributed by atoms with Crippen molar-refractivity contribution in [3.8, 4) is 5.75 Å². The number of ether oxygens (including phenoxy) is 1. The summed E-state index contributed by atoms with van der Waals surface area (Å²) >= 11 is 5.91. The molecule has 0 saturated heterocycles. The Bertz CT molecular complexity index is 1160. The van der Waals surface area contributed by atoms with Crippen LogP contribution in [0.3, 0.4) is 0 Å². The minimum Gasteiger partial charge on any atom is -0.494 e. The molecule has 0 aliphatic rings. The van der Waals surface area contributed by atoms with Crippen LogP contribution in [-0.4, -0.2) is 27.5 Å². The van der Waals surface area contributed by atoms with Gasteiger partial charge in [0.15, 0.2) is 0 Å². The summed E-state index contributed by atoms with van der Waals surface area (Å²) in [7, 11) is -4.00. The van der Waals surface area contributed by atoms with Crippen molar-refractivity contribution in [3.63, 3.8) is 0 Å². The molecule has 0 bridgehead atoms. The average Bonchev–Trinajstić information content (AvgIpc) is 2.73. The van der Waals surface area contributed by atoms with Gasteiger partial charge in [-0.15, -0.1) is 0 Å². The van der Waals surface area contributed by atoms with E-state index in [1.807, 2.05) is 19.9 Å². The highest BCUT2D eigenvalue weighted by Gasteiger charge is 2.27. The summed E-state index contributed by atoms with van der Waals surface area (Å²) < 4.78 is 33.3. The SMILES string of the molecule is CCOc1cccc(NC(=O)CN(c2cccc(C)c2)S(=O)(=O)c2ccc(Cl)cc2)c1. The molecule has 0 spiro atoms. The lowest BCUT2D eigenvalue weighted by Gasteiger charge is -2.24. The van der Waals surface area contributed by atoms with Gasteiger partial charge >= 0.3 is 0 Å². The number of carbonyl (C=O) groups excluding carboxylic acids is 1. The Kier molecular flexibility index (Phi) is 7.20. The van der Waals surface area contributed by atoms with Crippen LogP contribution in [0, 0.1) is 6.92 Å². The molecule has 0 saturated carbocycles. The van der Waals surface area contributed by atoms with Crippen LogP contribution in [0.15, 0.2) is 77.7 Å². The first-order valence-electron chi connectivity index (χ1n) is 9.67. The Morgan fingerprint density at radius 1 is 1.03 bits per heavy atom. The Hall–Kier alpha value is -3.03. The van der Waals surface area contributed by atoms with Crippen LogP contribution < -0.4 is 14.4 Å². The van der Waals surface area contributed by atoms with E-state index in [-0.39, 0.29) is 4.90 Å². The van der Waals surface area contributed by atoms with Crippen molar-refractivity contribution >= 4 is 38.9 Å². The van der Waals surface area contributed by atoms with E-state index in [0.29, 0.717) is 28.8 Å². The van der Waals surface area contributed by atoms with E-state index in [0.717, 1.165) is 9.87 Å². The average molecular weight is 459 g/mol. The van der Waals surface area contributed by atoms with Crippen molar-refractivity contribution in [2.75, 3.05) is 22.8 Å². The highest BCUT2D eigenvalue weighted by Crippen LogP contribution is 2.26. The second-order valence-corrected chi connectivity index (χ2v) is 9.11. The molecule has 3 aromatic carbocycles. The van der Waals surface area contributed by atoms with Gasteiger partial charge in [-0.25, -0.2) is 8.42 Å². The molecule has 3 rings (SSSR count). The highest BCUT2D eigenvalue weighted by atomic mass is 35.5. The molecular formula is C23H23ClN2O4S. The molecule has 31 heavy (non-hydrogen) atoms. The highest BCUT2D eigenvalue weighted by molar-refractivity contribution is 7.92. The second-order valence-electron chi connectivity index (χ2n) is 6.81. The number of carbonyl (C=O) groups is 1. The van der Waals surface area contributed by atoms with Crippen LogP contribution in [0.1, 0.15) is 12.5 Å². The molecule has 8 heteroatoms. The largest absolute Gasteiger partial charge is 0.494 e. The van der Waals surface area contributed by atoms with Gasteiger partial charge in [-0.1, -0.05) is 29.8 Å². The van der Waals surface area contributed by atoms with Gasteiger partial charge in [0.2, 0.25) is 5.91 Å². The van der Waals surface area contributed by atoms with Gasteiger partial charge in [-0.2, -0.15) is 0 Å². The molecule has 162 valence electrons. The fraction of sp³-hybridized carbons (Fsp3) is 0.174. The van der Waals surface area contributed by atoms with Crippen molar-refractivity contribution in [3.05, 3.63) is 83.4 Å². The molecule has 3 aromatic rings. The summed E-state index contributed by atoms with van der Waals surface area (Å²) in [5, 5.41) is 3.17. The first-order chi connectivity index (χ1) is 14.8. The van der Waals surface area contributed by atoms with Crippen molar-refractivity contribution in [2.24, 2.45) is 0 Å². The zero-order valence-corrected chi connectivity index (χ0v) is 18.8. The number of nitrogens with zero attached hydrogens (tertiary/aromatic N) is 1. The number of anilines is 2. The van der Waals surface area contributed by atoms with Crippen LogP contribution in [0.5, 0.6) is 5.75 Å². The molecule has 0 aromatic heterocycles. The van der Waals surface area contributed by atoms with Gasteiger partial charge in [-0.05, 0) is 67.9 Å². The predicted octanol–water partition coefficient (Wildman–Crippen LogP) is 4.88. The van der Waals surface area contributed by atoms with E-state index in [9.17, 15) is 13.2 Å². The third-order valence-corrected chi connectivity index (χ3v) is 6.45. The topological polar surface area (TPSA) is 75.7 Å². The Balaban J connectivity index is 1.91. The fourth-order valence-corrected chi connectivity index (χ4v) is 4.53.